The first-order valence-corrected chi connectivity index (χ1v) is 12.6. The fraction of sp³-hybridized carbons (Fsp3) is 0.194. The molecule has 38 heavy (non-hydrogen) atoms. The second kappa shape index (κ2) is 11.4. The van der Waals surface area contributed by atoms with E-state index in [4.69, 9.17) is 0 Å². The Bertz CT molecular complexity index is 1410. The molecular weight excluding hydrogens is 481 g/mol. The largest absolute Gasteiger partial charge is 0.338 e. The predicted molar refractivity (Wildman–Crippen MR) is 143 cm³/mol. The number of Topliss-reactive ketones (excluding diaryl/α,β-unsaturated/α-hetero) is 1. The highest BCUT2D eigenvalue weighted by atomic mass is 19.1. The third-order valence-electron chi connectivity index (χ3n) is 6.96. The normalized spacial score (nSPS) is 14.8. The summed E-state index contributed by atoms with van der Waals surface area (Å²) in [5.74, 6) is -1.47. The Morgan fingerprint density at radius 1 is 0.684 bits per heavy atom. The van der Waals surface area contributed by atoms with Crippen LogP contribution in [-0.2, 0) is 4.79 Å². The molecule has 4 aromatic rings. The monoisotopic (exact) mass is 509 g/mol. The van der Waals surface area contributed by atoms with E-state index in [9.17, 15) is 18.8 Å². The van der Waals surface area contributed by atoms with Crippen molar-refractivity contribution in [3.63, 3.8) is 0 Å². The summed E-state index contributed by atoms with van der Waals surface area (Å²) < 4.78 is 14.7. The van der Waals surface area contributed by atoms with Crippen LogP contribution in [0.4, 0.5) is 4.39 Å². The minimum absolute atomic E-state index is 0.0306. The Hall–Kier alpha value is -4.36. The average molecular weight is 510 g/mol. The van der Waals surface area contributed by atoms with E-state index in [0.29, 0.717) is 26.2 Å². The second-order valence-corrected chi connectivity index (χ2v) is 9.30. The number of hydrogen-bond donors (Lipinski definition) is 0. The van der Waals surface area contributed by atoms with E-state index in [-0.39, 0.29) is 11.6 Å². The Morgan fingerprint density at radius 3 is 1.79 bits per heavy atom. The summed E-state index contributed by atoms with van der Waals surface area (Å²) in [6.07, 6.45) is 1.45. The summed E-state index contributed by atoms with van der Waals surface area (Å²) in [4.78, 5) is 43.9. The van der Waals surface area contributed by atoms with Crippen LogP contribution < -0.4 is 5.56 Å². The predicted octanol–water partition coefficient (Wildman–Crippen LogP) is 4.35. The van der Waals surface area contributed by atoms with Crippen LogP contribution in [0.2, 0.25) is 0 Å². The molecule has 1 atom stereocenters. The second-order valence-electron chi connectivity index (χ2n) is 9.30. The molecule has 3 aromatic carbocycles. The van der Waals surface area contributed by atoms with Crippen LogP contribution >= 0.6 is 0 Å². The lowest BCUT2D eigenvalue weighted by atomic mass is 9.96. The molecule has 1 aliphatic heterocycles. The van der Waals surface area contributed by atoms with Gasteiger partial charge in [0.1, 0.15) is 5.82 Å². The summed E-state index contributed by atoms with van der Waals surface area (Å²) in [7, 11) is 0. The van der Waals surface area contributed by atoms with Gasteiger partial charge in [0.2, 0.25) is 0 Å². The van der Waals surface area contributed by atoms with Crippen LogP contribution in [0.3, 0.4) is 0 Å². The molecule has 0 N–H and O–H groups in total. The first-order chi connectivity index (χ1) is 18.5. The molecule has 0 unspecified atom stereocenters. The summed E-state index contributed by atoms with van der Waals surface area (Å²) in [6, 6.07) is 28.7. The van der Waals surface area contributed by atoms with Gasteiger partial charge in [-0.2, -0.15) is 0 Å². The third-order valence-corrected chi connectivity index (χ3v) is 6.96. The number of carbonyl (C=O) groups is 2. The number of pyridine rings is 1. The summed E-state index contributed by atoms with van der Waals surface area (Å²) >= 11 is 0. The minimum atomic E-state index is -1.36. The van der Waals surface area contributed by atoms with Crippen molar-refractivity contribution in [1.82, 2.24) is 14.4 Å². The van der Waals surface area contributed by atoms with Crippen molar-refractivity contribution in [2.24, 2.45) is 0 Å². The fourth-order valence-electron chi connectivity index (χ4n) is 5.04. The zero-order valence-corrected chi connectivity index (χ0v) is 20.8. The van der Waals surface area contributed by atoms with Crippen molar-refractivity contribution in [3.8, 4) is 0 Å². The lowest BCUT2D eigenvalue weighted by Crippen LogP contribution is -2.53. The van der Waals surface area contributed by atoms with Crippen molar-refractivity contribution in [2.45, 2.75) is 12.1 Å². The third kappa shape index (κ3) is 5.33. The van der Waals surface area contributed by atoms with Crippen molar-refractivity contribution in [1.29, 1.82) is 0 Å². The Balaban J connectivity index is 1.40. The van der Waals surface area contributed by atoms with Crippen LogP contribution in [0.15, 0.2) is 114 Å². The van der Waals surface area contributed by atoms with Gasteiger partial charge in [0, 0.05) is 44.0 Å². The molecule has 0 radical (unpaired) electrons. The van der Waals surface area contributed by atoms with Crippen molar-refractivity contribution < 1.29 is 14.0 Å². The first-order valence-electron chi connectivity index (χ1n) is 12.6. The van der Waals surface area contributed by atoms with E-state index in [1.165, 1.54) is 47.7 Å². The van der Waals surface area contributed by atoms with Crippen molar-refractivity contribution in [3.05, 3.63) is 142 Å². The number of piperazine rings is 1. The SMILES string of the molecule is O=C(c1ccc(F)cc1)[C@H](C(=O)N1CCN(C(c2ccccc2)c2ccccc2)CC1)n1ccccc1=O. The molecule has 0 saturated carbocycles. The van der Waals surface area contributed by atoms with Gasteiger partial charge >= 0.3 is 0 Å². The van der Waals surface area contributed by atoms with Gasteiger partial charge in [-0.25, -0.2) is 4.39 Å². The van der Waals surface area contributed by atoms with Gasteiger partial charge in [-0.15, -0.1) is 0 Å². The van der Waals surface area contributed by atoms with E-state index >= 15 is 0 Å². The van der Waals surface area contributed by atoms with Gasteiger partial charge < -0.3 is 4.90 Å². The maximum Gasteiger partial charge on any atom is 0.253 e. The molecule has 7 heteroatoms. The standard InChI is InChI=1S/C31H28FN3O3/c32-26-16-14-25(15-17-26)30(37)29(35-18-8-7-13-27(35)36)31(38)34-21-19-33(20-22-34)28(23-9-3-1-4-10-23)24-11-5-2-6-12-24/h1-18,28-29H,19-22H2/t29-/m1/s1. The molecule has 1 aromatic heterocycles. The van der Waals surface area contributed by atoms with E-state index in [2.05, 4.69) is 29.2 Å². The molecule has 0 aliphatic carbocycles. The fourth-order valence-corrected chi connectivity index (χ4v) is 5.04. The lowest BCUT2D eigenvalue weighted by Gasteiger charge is -2.40. The topological polar surface area (TPSA) is 62.6 Å². The Morgan fingerprint density at radius 2 is 1.24 bits per heavy atom. The maximum atomic E-state index is 13.8. The molecule has 1 fully saturated rings. The van der Waals surface area contributed by atoms with E-state index in [0.717, 1.165) is 4.57 Å². The Kier molecular flexibility index (Phi) is 7.56. The maximum absolute atomic E-state index is 13.8. The van der Waals surface area contributed by atoms with Gasteiger partial charge in [0.05, 0.1) is 6.04 Å². The molecule has 0 spiro atoms. The van der Waals surface area contributed by atoms with Crippen molar-refractivity contribution >= 4 is 11.7 Å². The highest BCUT2D eigenvalue weighted by Crippen LogP contribution is 2.30. The van der Waals surface area contributed by atoms with Crippen molar-refractivity contribution in [2.75, 3.05) is 26.2 Å². The van der Waals surface area contributed by atoms with Gasteiger partial charge in [0.15, 0.2) is 11.8 Å². The van der Waals surface area contributed by atoms with E-state index in [1.54, 1.807) is 17.0 Å². The highest BCUT2D eigenvalue weighted by Gasteiger charge is 2.36. The van der Waals surface area contributed by atoms with Crippen LogP contribution in [0.1, 0.15) is 33.6 Å². The van der Waals surface area contributed by atoms with Gasteiger partial charge in [0.25, 0.3) is 11.5 Å². The zero-order chi connectivity index (χ0) is 26.5. The number of ketones is 1. The number of carbonyl (C=O) groups excluding carboxylic acids is 2. The number of aromatic nitrogens is 1. The highest BCUT2D eigenvalue weighted by molar-refractivity contribution is 6.11. The molecule has 1 amide bonds. The molecule has 2 heterocycles. The number of halogens is 1. The zero-order valence-electron chi connectivity index (χ0n) is 20.8. The summed E-state index contributed by atoms with van der Waals surface area (Å²) in [5, 5.41) is 0. The first kappa shape index (κ1) is 25.3. The Labute approximate surface area is 220 Å². The summed E-state index contributed by atoms with van der Waals surface area (Å²) in [5.41, 5.74) is 2.05. The van der Waals surface area contributed by atoms with Crippen LogP contribution in [0, 0.1) is 5.82 Å². The quantitative estimate of drug-likeness (QED) is 0.275. The molecule has 5 rings (SSSR count). The van der Waals surface area contributed by atoms with Gasteiger partial charge in [-0.3, -0.25) is 23.9 Å². The lowest BCUT2D eigenvalue weighted by molar-refractivity contribution is -0.135. The van der Waals surface area contributed by atoms with E-state index < -0.39 is 29.1 Å². The number of benzene rings is 3. The number of rotatable bonds is 7. The van der Waals surface area contributed by atoms with Crippen LogP contribution in [-0.4, -0.2) is 52.2 Å². The smallest absolute Gasteiger partial charge is 0.253 e. The molecular formula is C31H28FN3O3. The molecule has 1 aliphatic rings. The summed E-state index contributed by atoms with van der Waals surface area (Å²) in [6.45, 7) is 2.01. The number of hydrogen-bond acceptors (Lipinski definition) is 4. The number of amides is 1. The van der Waals surface area contributed by atoms with Gasteiger partial charge in [-0.1, -0.05) is 66.7 Å². The van der Waals surface area contributed by atoms with Crippen LogP contribution in [0.5, 0.6) is 0 Å². The van der Waals surface area contributed by atoms with E-state index in [1.807, 2.05) is 36.4 Å². The average Bonchev–Trinajstić information content (AvgIpc) is 2.96. The van der Waals surface area contributed by atoms with Crippen LogP contribution in [0.25, 0.3) is 0 Å². The van der Waals surface area contributed by atoms with Gasteiger partial charge in [-0.05, 0) is 41.5 Å². The molecule has 1 saturated heterocycles. The molecule has 0 bridgehead atoms. The molecule has 192 valence electrons. The molecule has 6 nitrogen and oxygen atoms in total. The number of nitrogens with zero attached hydrogens (tertiary/aromatic N) is 3. The minimum Gasteiger partial charge on any atom is -0.338 e.